The Bertz CT molecular complexity index is 405. The first-order valence-corrected chi connectivity index (χ1v) is 7.29. The third kappa shape index (κ3) is 3.39. The third-order valence-corrected chi connectivity index (χ3v) is 4.88. The van der Waals surface area contributed by atoms with E-state index in [4.69, 9.17) is 4.74 Å². The number of hydrogen-bond donors (Lipinski definition) is 1. The first-order valence-electron chi connectivity index (χ1n) is 6.30. The number of methoxy groups -OCH3 is 1. The molecule has 0 aliphatic carbocycles. The molecule has 0 bridgehead atoms. The fourth-order valence-electron chi connectivity index (χ4n) is 2.27. The molecule has 0 aromatic heterocycles. The number of ether oxygens (including phenoxy) is 1. The molecule has 18 heavy (non-hydrogen) atoms. The molecule has 100 valence electrons. The summed E-state index contributed by atoms with van der Waals surface area (Å²) in [5.41, 5.74) is 0.958. The Morgan fingerprint density at radius 1 is 1.50 bits per heavy atom. The highest BCUT2D eigenvalue weighted by Crippen LogP contribution is 2.36. The van der Waals surface area contributed by atoms with Gasteiger partial charge in [-0.25, -0.2) is 4.39 Å². The molecule has 1 aliphatic heterocycles. The van der Waals surface area contributed by atoms with Gasteiger partial charge in [-0.15, -0.1) is 0 Å². The van der Waals surface area contributed by atoms with Crippen molar-refractivity contribution in [1.82, 2.24) is 5.32 Å². The molecule has 0 saturated carbocycles. The SMILES string of the molecule is COc1ccc(CNCC2(C)CCCS2)cc1F. The van der Waals surface area contributed by atoms with Gasteiger partial charge in [0.15, 0.2) is 11.6 Å². The highest BCUT2D eigenvalue weighted by atomic mass is 32.2. The predicted molar refractivity (Wildman–Crippen MR) is 74.8 cm³/mol. The first-order chi connectivity index (χ1) is 8.63. The molecule has 0 radical (unpaired) electrons. The van der Waals surface area contributed by atoms with Gasteiger partial charge in [0.2, 0.25) is 0 Å². The second-order valence-electron chi connectivity index (χ2n) is 4.97. The molecule has 1 unspecified atom stereocenters. The molecule has 1 aliphatic rings. The van der Waals surface area contributed by atoms with Crippen LogP contribution in [0.5, 0.6) is 5.75 Å². The van der Waals surface area contributed by atoms with Gasteiger partial charge in [-0.3, -0.25) is 0 Å². The molecule has 1 saturated heterocycles. The van der Waals surface area contributed by atoms with Gasteiger partial charge >= 0.3 is 0 Å². The van der Waals surface area contributed by atoms with Crippen LogP contribution in [-0.2, 0) is 6.54 Å². The van der Waals surface area contributed by atoms with Crippen LogP contribution in [0.15, 0.2) is 18.2 Å². The van der Waals surface area contributed by atoms with Gasteiger partial charge in [-0.05, 0) is 43.2 Å². The average Bonchev–Trinajstić information content (AvgIpc) is 2.77. The van der Waals surface area contributed by atoms with E-state index in [0.29, 0.717) is 17.0 Å². The average molecular weight is 269 g/mol. The standard InChI is InChI=1S/C14H20FNOS/c1-14(6-3-7-18-14)10-16-9-11-4-5-13(17-2)12(15)8-11/h4-5,8,16H,3,6-7,9-10H2,1-2H3. The number of nitrogens with one attached hydrogen (secondary N) is 1. The van der Waals surface area contributed by atoms with Gasteiger partial charge in [0.25, 0.3) is 0 Å². The van der Waals surface area contributed by atoms with Crippen LogP contribution in [0, 0.1) is 5.82 Å². The van der Waals surface area contributed by atoms with Gasteiger partial charge in [0, 0.05) is 17.8 Å². The summed E-state index contributed by atoms with van der Waals surface area (Å²) in [6.45, 7) is 3.98. The van der Waals surface area contributed by atoms with Crippen LogP contribution in [0.4, 0.5) is 4.39 Å². The molecule has 1 fully saturated rings. The zero-order valence-corrected chi connectivity index (χ0v) is 11.8. The van der Waals surface area contributed by atoms with E-state index < -0.39 is 0 Å². The summed E-state index contributed by atoms with van der Waals surface area (Å²) in [5, 5.41) is 3.42. The molecule has 2 rings (SSSR count). The van der Waals surface area contributed by atoms with Crippen molar-refractivity contribution in [2.24, 2.45) is 0 Å². The first kappa shape index (κ1) is 13.7. The van der Waals surface area contributed by atoms with Gasteiger partial charge < -0.3 is 10.1 Å². The van der Waals surface area contributed by atoms with Crippen molar-refractivity contribution < 1.29 is 9.13 Å². The van der Waals surface area contributed by atoms with Crippen LogP contribution in [0.1, 0.15) is 25.3 Å². The highest BCUT2D eigenvalue weighted by molar-refractivity contribution is 8.00. The lowest BCUT2D eigenvalue weighted by atomic mass is 10.1. The molecule has 0 amide bonds. The minimum absolute atomic E-state index is 0.293. The number of halogens is 1. The monoisotopic (exact) mass is 269 g/mol. The second kappa shape index (κ2) is 5.93. The van der Waals surface area contributed by atoms with E-state index in [1.165, 1.54) is 31.8 Å². The molecule has 4 heteroatoms. The summed E-state index contributed by atoms with van der Waals surface area (Å²) in [5.74, 6) is 1.27. The quantitative estimate of drug-likeness (QED) is 0.887. The minimum Gasteiger partial charge on any atom is -0.494 e. The van der Waals surface area contributed by atoms with Crippen LogP contribution in [-0.4, -0.2) is 24.2 Å². The maximum Gasteiger partial charge on any atom is 0.165 e. The molecule has 1 aromatic rings. The Hall–Kier alpha value is -0.740. The maximum atomic E-state index is 13.5. The lowest BCUT2D eigenvalue weighted by Crippen LogP contribution is -2.32. The van der Waals surface area contributed by atoms with Crippen molar-refractivity contribution in [3.05, 3.63) is 29.6 Å². The van der Waals surface area contributed by atoms with E-state index in [2.05, 4.69) is 12.2 Å². The number of benzene rings is 1. The zero-order valence-electron chi connectivity index (χ0n) is 11.0. The van der Waals surface area contributed by atoms with Gasteiger partial charge in [0.05, 0.1) is 7.11 Å². The van der Waals surface area contributed by atoms with Crippen molar-refractivity contribution in [1.29, 1.82) is 0 Å². The number of hydrogen-bond acceptors (Lipinski definition) is 3. The van der Waals surface area contributed by atoms with E-state index in [0.717, 1.165) is 12.1 Å². The lowest BCUT2D eigenvalue weighted by molar-refractivity contribution is 0.386. The van der Waals surface area contributed by atoms with Crippen molar-refractivity contribution in [2.45, 2.75) is 31.1 Å². The lowest BCUT2D eigenvalue weighted by Gasteiger charge is -2.23. The molecule has 2 nitrogen and oxygen atoms in total. The van der Waals surface area contributed by atoms with Gasteiger partial charge in [0.1, 0.15) is 0 Å². The number of thioether (sulfide) groups is 1. The fourth-order valence-corrected chi connectivity index (χ4v) is 3.54. The van der Waals surface area contributed by atoms with Crippen molar-refractivity contribution >= 4 is 11.8 Å². The van der Waals surface area contributed by atoms with Crippen LogP contribution in [0.25, 0.3) is 0 Å². The highest BCUT2D eigenvalue weighted by Gasteiger charge is 2.28. The van der Waals surface area contributed by atoms with Crippen LogP contribution in [0.3, 0.4) is 0 Å². The van der Waals surface area contributed by atoms with E-state index in [1.807, 2.05) is 17.8 Å². The predicted octanol–water partition coefficient (Wildman–Crippen LogP) is 3.21. The molecular weight excluding hydrogens is 249 g/mol. The van der Waals surface area contributed by atoms with Crippen LogP contribution < -0.4 is 10.1 Å². The normalized spacial score (nSPS) is 23.3. The van der Waals surface area contributed by atoms with E-state index >= 15 is 0 Å². The molecule has 1 heterocycles. The summed E-state index contributed by atoms with van der Waals surface area (Å²) in [6, 6.07) is 5.12. The van der Waals surface area contributed by atoms with E-state index in [9.17, 15) is 4.39 Å². The number of rotatable bonds is 5. The summed E-state index contributed by atoms with van der Waals surface area (Å²) < 4.78 is 18.8. The van der Waals surface area contributed by atoms with Gasteiger partial charge in [-0.2, -0.15) is 11.8 Å². The van der Waals surface area contributed by atoms with Crippen molar-refractivity contribution in [3.63, 3.8) is 0 Å². The fraction of sp³-hybridized carbons (Fsp3) is 0.571. The van der Waals surface area contributed by atoms with Gasteiger partial charge in [-0.1, -0.05) is 6.07 Å². The largest absolute Gasteiger partial charge is 0.494 e. The van der Waals surface area contributed by atoms with Crippen LogP contribution in [0.2, 0.25) is 0 Å². The molecule has 1 aromatic carbocycles. The topological polar surface area (TPSA) is 21.3 Å². The van der Waals surface area contributed by atoms with Crippen LogP contribution >= 0.6 is 11.8 Å². The maximum absolute atomic E-state index is 13.5. The summed E-state index contributed by atoms with van der Waals surface area (Å²) >= 11 is 2.03. The molecule has 1 N–H and O–H groups in total. The summed E-state index contributed by atoms with van der Waals surface area (Å²) in [4.78, 5) is 0. The summed E-state index contributed by atoms with van der Waals surface area (Å²) in [6.07, 6.45) is 2.57. The van der Waals surface area contributed by atoms with Crippen molar-refractivity contribution in [2.75, 3.05) is 19.4 Å². The smallest absolute Gasteiger partial charge is 0.165 e. The Balaban J connectivity index is 1.85. The zero-order chi connectivity index (χ0) is 13.0. The Morgan fingerprint density at radius 3 is 2.94 bits per heavy atom. The molecule has 0 spiro atoms. The molecule has 1 atom stereocenters. The van der Waals surface area contributed by atoms with Crippen molar-refractivity contribution in [3.8, 4) is 5.75 Å². The van der Waals surface area contributed by atoms with E-state index in [1.54, 1.807) is 6.07 Å². The summed E-state index contributed by atoms with van der Waals surface area (Å²) in [7, 11) is 1.48. The van der Waals surface area contributed by atoms with E-state index in [-0.39, 0.29) is 5.82 Å². The Morgan fingerprint density at radius 2 is 2.33 bits per heavy atom. The Kier molecular flexibility index (Phi) is 4.51. The Labute approximate surface area is 112 Å². The third-order valence-electron chi connectivity index (χ3n) is 3.34. The molecular formula is C14H20FNOS. The minimum atomic E-state index is -0.293. The second-order valence-corrected chi connectivity index (χ2v) is 6.66.